The number of fused-ring (bicyclic) bond motifs is 1. The van der Waals surface area contributed by atoms with E-state index >= 15 is 0 Å². The fourth-order valence-corrected chi connectivity index (χ4v) is 3.13. The molecule has 1 aliphatic heterocycles. The number of allylic oxidation sites excluding steroid dienone is 5. The summed E-state index contributed by atoms with van der Waals surface area (Å²) in [6.07, 6.45) is 14.4. The van der Waals surface area contributed by atoms with Crippen molar-refractivity contribution >= 4 is 0 Å². The third-order valence-electron chi connectivity index (χ3n) is 4.66. The number of hydrogen-bond acceptors (Lipinski definition) is 1. The van der Waals surface area contributed by atoms with Crippen LogP contribution in [-0.4, -0.2) is 12.7 Å². The highest BCUT2D eigenvalue weighted by Crippen LogP contribution is 2.29. The van der Waals surface area contributed by atoms with E-state index in [4.69, 9.17) is 4.74 Å². The summed E-state index contributed by atoms with van der Waals surface area (Å²) in [7, 11) is 0. The third kappa shape index (κ3) is 5.00. The van der Waals surface area contributed by atoms with Crippen molar-refractivity contribution in [2.75, 3.05) is 6.61 Å². The highest BCUT2D eigenvalue weighted by molar-refractivity contribution is 5.29. The predicted molar refractivity (Wildman–Crippen MR) is 91.4 cm³/mol. The Morgan fingerprint density at radius 3 is 2.14 bits per heavy atom. The highest BCUT2D eigenvalue weighted by atomic mass is 16.5. The fourth-order valence-electron chi connectivity index (χ4n) is 3.13. The van der Waals surface area contributed by atoms with Crippen LogP contribution >= 0.6 is 0 Å². The molecule has 0 spiro atoms. The maximum atomic E-state index is 5.97. The Hall–Kier alpha value is -1.08. The molecule has 116 valence electrons. The maximum absolute atomic E-state index is 5.97. The summed E-state index contributed by atoms with van der Waals surface area (Å²) in [5.41, 5.74) is 7.47. The van der Waals surface area contributed by atoms with Crippen molar-refractivity contribution in [2.24, 2.45) is 0 Å². The first-order valence-corrected chi connectivity index (χ1v) is 8.35. The standard InChI is InChI=1S/C20H30O/c1-15-7-5-9-16(2)11-12-19-18(4)14-21-20(19)13-17(3)10-6-8-15/h8-9,13,20H,5-7,10-12,14H2,1-4H3/b15-8+,16-9+,17-13+/t20-/m1/s1. The van der Waals surface area contributed by atoms with E-state index in [-0.39, 0.29) is 6.10 Å². The van der Waals surface area contributed by atoms with Crippen LogP contribution in [0.15, 0.2) is 46.1 Å². The van der Waals surface area contributed by atoms with E-state index in [1.165, 1.54) is 47.1 Å². The lowest BCUT2D eigenvalue weighted by atomic mass is 9.95. The molecule has 21 heavy (non-hydrogen) atoms. The van der Waals surface area contributed by atoms with Crippen LogP contribution in [0, 0.1) is 0 Å². The summed E-state index contributed by atoms with van der Waals surface area (Å²) in [6, 6.07) is 0. The minimum atomic E-state index is 0.228. The zero-order chi connectivity index (χ0) is 15.2. The van der Waals surface area contributed by atoms with Crippen LogP contribution in [0.4, 0.5) is 0 Å². The number of ether oxygens (including phenoxy) is 1. The summed E-state index contributed by atoms with van der Waals surface area (Å²) >= 11 is 0. The van der Waals surface area contributed by atoms with Gasteiger partial charge < -0.3 is 4.74 Å². The van der Waals surface area contributed by atoms with Gasteiger partial charge in [0, 0.05) is 0 Å². The van der Waals surface area contributed by atoms with Gasteiger partial charge >= 0.3 is 0 Å². The van der Waals surface area contributed by atoms with Gasteiger partial charge in [-0.3, -0.25) is 0 Å². The zero-order valence-electron chi connectivity index (χ0n) is 14.2. The van der Waals surface area contributed by atoms with Gasteiger partial charge in [0.15, 0.2) is 0 Å². The van der Waals surface area contributed by atoms with Crippen molar-refractivity contribution in [1.29, 1.82) is 0 Å². The lowest BCUT2D eigenvalue weighted by Gasteiger charge is -2.13. The van der Waals surface area contributed by atoms with E-state index in [0.717, 1.165) is 25.9 Å². The summed E-state index contributed by atoms with van der Waals surface area (Å²) < 4.78 is 5.97. The molecule has 0 amide bonds. The van der Waals surface area contributed by atoms with Gasteiger partial charge in [-0.1, -0.05) is 34.9 Å². The van der Waals surface area contributed by atoms with Crippen molar-refractivity contribution in [3.8, 4) is 0 Å². The Kier molecular flexibility index (Phi) is 6.05. The summed E-state index contributed by atoms with van der Waals surface area (Å²) in [4.78, 5) is 0. The second kappa shape index (κ2) is 7.79. The Morgan fingerprint density at radius 2 is 1.43 bits per heavy atom. The SMILES string of the molecule is CC1=C2CC/C(C)=C/CC/C(C)=C/CC/C(C)=C/[C@H]2OC1. The van der Waals surface area contributed by atoms with Gasteiger partial charge in [-0.05, 0) is 77.4 Å². The molecule has 0 aromatic rings. The van der Waals surface area contributed by atoms with E-state index < -0.39 is 0 Å². The van der Waals surface area contributed by atoms with Gasteiger partial charge in [0.2, 0.25) is 0 Å². The van der Waals surface area contributed by atoms with Gasteiger partial charge in [0.25, 0.3) is 0 Å². The molecule has 1 heterocycles. The van der Waals surface area contributed by atoms with Gasteiger partial charge in [-0.25, -0.2) is 0 Å². The van der Waals surface area contributed by atoms with Gasteiger partial charge in [-0.15, -0.1) is 0 Å². The first kappa shape index (κ1) is 16.3. The van der Waals surface area contributed by atoms with Crippen molar-refractivity contribution in [1.82, 2.24) is 0 Å². The maximum Gasteiger partial charge on any atom is 0.0977 e. The van der Waals surface area contributed by atoms with E-state index in [1.54, 1.807) is 0 Å². The topological polar surface area (TPSA) is 9.23 Å². The molecule has 0 saturated heterocycles. The molecule has 1 nitrogen and oxygen atoms in total. The smallest absolute Gasteiger partial charge is 0.0977 e. The normalized spacial score (nSPS) is 33.1. The monoisotopic (exact) mass is 286 g/mol. The summed E-state index contributed by atoms with van der Waals surface area (Å²) in [5.74, 6) is 0. The lowest BCUT2D eigenvalue weighted by molar-refractivity contribution is 0.151. The first-order chi connectivity index (χ1) is 10.1. The van der Waals surface area contributed by atoms with Crippen molar-refractivity contribution in [3.63, 3.8) is 0 Å². The van der Waals surface area contributed by atoms with E-state index in [0.29, 0.717) is 0 Å². The Bertz CT molecular complexity index is 488. The minimum absolute atomic E-state index is 0.228. The molecule has 0 N–H and O–H groups in total. The van der Waals surface area contributed by atoms with Crippen molar-refractivity contribution in [2.45, 2.75) is 72.3 Å². The average Bonchev–Trinajstić information content (AvgIpc) is 2.76. The Labute approximate surface area is 130 Å². The minimum Gasteiger partial charge on any atom is -0.365 e. The molecule has 1 atom stereocenters. The molecule has 0 aromatic heterocycles. The molecule has 0 saturated carbocycles. The molecule has 1 heteroatoms. The van der Waals surface area contributed by atoms with Gasteiger partial charge in [-0.2, -0.15) is 0 Å². The molecule has 0 radical (unpaired) electrons. The zero-order valence-corrected chi connectivity index (χ0v) is 14.2. The highest BCUT2D eigenvalue weighted by Gasteiger charge is 2.21. The molecule has 1 aliphatic carbocycles. The third-order valence-corrected chi connectivity index (χ3v) is 4.66. The quantitative estimate of drug-likeness (QED) is 0.504. The Balaban J connectivity index is 2.17. The van der Waals surface area contributed by atoms with E-state index in [9.17, 15) is 0 Å². The predicted octanol–water partition coefficient (Wildman–Crippen LogP) is 5.89. The van der Waals surface area contributed by atoms with Crippen LogP contribution in [0.2, 0.25) is 0 Å². The number of rotatable bonds is 0. The van der Waals surface area contributed by atoms with Crippen molar-refractivity contribution in [3.05, 3.63) is 46.1 Å². The lowest BCUT2D eigenvalue weighted by Crippen LogP contribution is -2.08. The van der Waals surface area contributed by atoms with Crippen LogP contribution in [0.1, 0.15) is 66.2 Å². The van der Waals surface area contributed by atoms with Gasteiger partial charge in [0.05, 0.1) is 12.7 Å². The molecule has 2 rings (SSSR count). The Morgan fingerprint density at radius 1 is 0.810 bits per heavy atom. The van der Waals surface area contributed by atoms with Crippen molar-refractivity contribution < 1.29 is 4.74 Å². The van der Waals surface area contributed by atoms with Crippen LogP contribution in [-0.2, 0) is 4.74 Å². The van der Waals surface area contributed by atoms with Gasteiger partial charge in [0.1, 0.15) is 0 Å². The molecular weight excluding hydrogens is 256 g/mol. The molecule has 0 aromatic carbocycles. The molecule has 0 fully saturated rings. The van der Waals surface area contributed by atoms with E-state index in [1.807, 2.05) is 0 Å². The summed E-state index contributed by atoms with van der Waals surface area (Å²) in [6.45, 7) is 9.82. The fraction of sp³-hybridized carbons (Fsp3) is 0.600. The first-order valence-electron chi connectivity index (χ1n) is 8.35. The summed E-state index contributed by atoms with van der Waals surface area (Å²) in [5, 5.41) is 0. The van der Waals surface area contributed by atoms with Crippen LogP contribution in [0.25, 0.3) is 0 Å². The van der Waals surface area contributed by atoms with Crippen LogP contribution in [0.5, 0.6) is 0 Å². The molecule has 0 bridgehead atoms. The second-order valence-corrected chi connectivity index (χ2v) is 6.73. The molecular formula is C20H30O. The number of hydrogen-bond donors (Lipinski definition) is 0. The average molecular weight is 286 g/mol. The van der Waals surface area contributed by atoms with Crippen LogP contribution < -0.4 is 0 Å². The van der Waals surface area contributed by atoms with Crippen LogP contribution in [0.3, 0.4) is 0 Å². The largest absolute Gasteiger partial charge is 0.365 e. The molecule has 2 aliphatic rings. The van der Waals surface area contributed by atoms with E-state index in [2.05, 4.69) is 45.9 Å². The second-order valence-electron chi connectivity index (χ2n) is 6.73. The molecule has 0 unspecified atom stereocenters.